The second kappa shape index (κ2) is 8.91. The van der Waals surface area contributed by atoms with Crippen LogP contribution in [0.1, 0.15) is 25.7 Å². The zero-order valence-electron chi connectivity index (χ0n) is 9.41. The van der Waals surface area contributed by atoms with Crippen LogP contribution in [-0.2, 0) is 14.3 Å². The van der Waals surface area contributed by atoms with Crippen LogP contribution in [0.4, 0.5) is 0 Å². The summed E-state index contributed by atoms with van der Waals surface area (Å²) in [5, 5.41) is 34.8. The van der Waals surface area contributed by atoms with E-state index in [2.05, 4.69) is 0 Å². The van der Waals surface area contributed by atoms with Crippen LogP contribution in [0.3, 0.4) is 0 Å². The fraction of sp³-hybridized carbons (Fsp3) is 0.800. The molecule has 17 heavy (non-hydrogen) atoms. The average molecular weight is 250 g/mol. The minimum Gasteiger partial charge on any atom is -0.479 e. The second-order valence-corrected chi connectivity index (χ2v) is 3.52. The smallest absolute Gasteiger partial charge is 0.332 e. The van der Waals surface area contributed by atoms with Crippen molar-refractivity contribution in [3.8, 4) is 0 Å². The van der Waals surface area contributed by atoms with Gasteiger partial charge in [0, 0.05) is 13.2 Å². The van der Waals surface area contributed by atoms with Crippen molar-refractivity contribution in [1.29, 1.82) is 0 Å². The summed E-state index contributed by atoms with van der Waals surface area (Å²) in [5.74, 6) is -2.51. The lowest BCUT2D eigenvalue weighted by Gasteiger charge is -2.18. The Hall–Kier alpha value is -1.18. The minimum atomic E-state index is -1.26. The van der Waals surface area contributed by atoms with Crippen LogP contribution in [-0.4, -0.2) is 57.8 Å². The Bertz CT molecular complexity index is 217. The van der Waals surface area contributed by atoms with Gasteiger partial charge in [0.2, 0.25) is 0 Å². The molecule has 0 aromatic carbocycles. The van der Waals surface area contributed by atoms with Gasteiger partial charge >= 0.3 is 11.9 Å². The van der Waals surface area contributed by atoms with Crippen molar-refractivity contribution in [3.63, 3.8) is 0 Å². The fourth-order valence-electron chi connectivity index (χ4n) is 1.25. The molecule has 0 saturated carbocycles. The van der Waals surface area contributed by atoms with Crippen molar-refractivity contribution in [3.05, 3.63) is 0 Å². The van der Waals surface area contributed by atoms with Gasteiger partial charge in [-0.25, -0.2) is 9.59 Å². The Morgan fingerprint density at radius 1 is 0.882 bits per heavy atom. The lowest BCUT2D eigenvalue weighted by atomic mass is 10.1. The summed E-state index contributed by atoms with van der Waals surface area (Å²) < 4.78 is 4.96. The number of aliphatic carboxylic acids is 2. The number of rotatable bonds is 10. The number of aliphatic hydroxyl groups excluding tert-OH is 2. The second-order valence-electron chi connectivity index (χ2n) is 3.52. The monoisotopic (exact) mass is 250 g/mol. The predicted octanol–water partition coefficient (Wildman–Crippen LogP) is -0.546. The van der Waals surface area contributed by atoms with Gasteiger partial charge in [-0.1, -0.05) is 0 Å². The van der Waals surface area contributed by atoms with Gasteiger partial charge in [0.05, 0.1) is 0 Å². The van der Waals surface area contributed by atoms with Crippen molar-refractivity contribution in [2.75, 3.05) is 13.2 Å². The van der Waals surface area contributed by atoms with E-state index in [4.69, 9.17) is 25.2 Å². The molecule has 4 N–H and O–H groups in total. The molecule has 0 bridgehead atoms. The number of carbonyl (C=O) groups is 2. The lowest BCUT2D eigenvalue weighted by Crippen LogP contribution is -2.34. The molecule has 0 heterocycles. The average Bonchev–Trinajstić information content (AvgIpc) is 2.27. The molecule has 0 fully saturated rings. The summed E-state index contributed by atoms with van der Waals surface area (Å²) in [6.07, 6.45) is -1.94. The summed E-state index contributed by atoms with van der Waals surface area (Å²) in [4.78, 5) is 21.6. The van der Waals surface area contributed by atoms with Crippen LogP contribution in [0.5, 0.6) is 0 Å². The minimum absolute atomic E-state index is 0.0503. The molecule has 0 aliphatic carbocycles. The number of carboxylic acid groups (broad SMARTS) is 2. The topological polar surface area (TPSA) is 124 Å². The van der Waals surface area contributed by atoms with Crippen molar-refractivity contribution >= 4 is 11.9 Å². The van der Waals surface area contributed by atoms with E-state index in [1.165, 1.54) is 0 Å². The first-order chi connectivity index (χ1) is 8.02. The van der Waals surface area contributed by atoms with Gasteiger partial charge in [-0.3, -0.25) is 0 Å². The first kappa shape index (κ1) is 15.8. The molecule has 0 aromatic heterocycles. The molecule has 0 aliphatic heterocycles. The van der Waals surface area contributed by atoms with E-state index in [0.717, 1.165) is 0 Å². The highest BCUT2D eigenvalue weighted by molar-refractivity contribution is 5.75. The number of carboxylic acids is 2. The molecular formula is C10H18O7. The highest BCUT2D eigenvalue weighted by atomic mass is 16.5. The number of ether oxygens (including phenoxy) is 1. The van der Waals surface area contributed by atoms with Crippen LogP contribution >= 0.6 is 0 Å². The Kier molecular flexibility index (Phi) is 8.29. The molecule has 7 nitrogen and oxygen atoms in total. The number of aliphatic hydroxyl groups is 2. The van der Waals surface area contributed by atoms with E-state index in [0.29, 0.717) is 0 Å². The van der Waals surface area contributed by atoms with Gasteiger partial charge in [0.15, 0.2) is 12.2 Å². The molecule has 7 heteroatoms. The number of hydrogen-bond acceptors (Lipinski definition) is 5. The van der Waals surface area contributed by atoms with Crippen LogP contribution in [0, 0.1) is 0 Å². The normalized spacial score (nSPS) is 14.2. The molecule has 0 aromatic rings. The zero-order chi connectivity index (χ0) is 13.3. The molecule has 0 spiro atoms. The molecule has 0 radical (unpaired) electrons. The Labute approximate surface area is 98.6 Å². The standard InChI is InChI=1S/C10H18O7/c11-5-1-3-7(9(13)14)17-8(10(15)16)4-2-6-12/h7-8,11-12H,1-6H2,(H,13,14)(H,15,16). The highest BCUT2D eigenvalue weighted by Gasteiger charge is 2.26. The van der Waals surface area contributed by atoms with Crippen LogP contribution < -0.4 is 0 Å². The maximum atomic E-state index is 10.8. The van der Waals surface area contributed by atoms with Gasteiger partial charge in [-0.05, 0) is 25.7 Å². The van der Waals surface area contributed by atoms with Crippen LogP contribution in [0.25, 0.3) is 0 Å². The Balaban J connectivity index is 4.34. The van der Waals surface area contributed by atoms with Gasteiger partial charge < -0.3 is 25.2 Å². The highest BCUT2D eigenvalue weighted by Crippen LogP contribution is 2.11. The predicted molar refractivity (Wildman–Crippen MR) is 56.6 cm³/mol. The third-order valence-corrected chi connectivity index (χ3v) is 2.13. The molecule has 0 amide bonds. The fourth-order valence-corrected chi connectivity index (χ4v) is 1.25. The molecule has 100 valence electrons. The van der Waals surface area contributed by atoms with E-state index in [-0.39, 0.29) is 38.9 Å². The van der Waals surface area contributed by atoms with Crippen LogP contribution in [0.15, 0.2) is 0 Å². The van der Waals surface area contributed by atoms with Crippen molar-refractivity contribution in [2.24, 2.45) is 0 Å². The summed E-state index contributed by atoms with van der Waals surface area (Å²) >= 11 is 0. The molecule has 2 atom stereocenters. The summed E-state index contributed by atoms with van der Waals surface area (Å²) in [5.41, 5.74) is 0. The van der Waals surface area contributed by atoms with Crippen molar-refractivity contribution in [1.82, 2.24) is 0 Å². The number of hydrogen-bond donors (Lipinski definition) is 4. The summed E-state index contributed by atoms with van der Waals surface area (Å²) in [6.45, 7) is -0.358. The van der Waals surface area contributed by atoms with E-state index in [9.17, 15) is 9.59 Å². The van der Waals surface area contributed by atoms with E-state index >= 15 is 0 Å². The SMILES string of the molecule is O=C(O)C(CCCO)OC(CCCO)C(=O)O. The summed E-state index contributed by atoms with van der Waals surface area (Å²) in [7, 11) is 0. The summed E-state index contributed by atoms with van der Waals surface area (Å²) in [6, 6.07) is 0. The van der Waals surface area contributed by atoms with Gasteiger partial charge in [-0.15, -0.1) is 0 Å². The van der Waals surface area contributed by atoms with E-state index in [1.54, 1.807) is 0 Å². The molecule has 0 aliphatic rings. The van der Waals surface area contributed by atoms with Crippen LogP contribution in [0.2, 0.25) is 0 Å². The largest absolute Gasteiger partial charge is 0.479 e. The maximum absolute atomic E-state index is 10.8. The molecule has 2 unspecified atom stereocenters. The van der Waals surface area contributed by atoms with E-state index in [1.807, 2.05) is 0 Å². The van der Waals surface area contributed by atoms with Gasteiger partial charge in [-0.2, -0.15) is 0 Å². The quantitative estimate of drug-likeness (QED) is 0.410. The third-order valence-electron chi connectivity index (χ3n) is 2.13. The lowest BCUT2D eigenvalue weighted by molar-refractivity contribution is -0.166. The molecular weight excluding hydrogens is 232 g/mol. The molecule has 0 rings (SSSR count). The first-order valence-electron chi connectivity index (χ1n) is 5.35. The van der Waals surface area contributed by atoms with Gasteiger partial charge in [0.1, 0.15) is 0 Å². The van der Waals surface area contributed by atoms with Gasteiger partial charge in [0.25, 0.3) is 0 Å². The maximum Gasteiger partial charge on any atom is 0.332 e. The Morgan fingerprint density at radius 3 is 1.47 bits per heavy atom. The van der Waals surface area contributed by atoms with E-state index < -0.39 is 24.1 Å². The van der Waals surface area contributed by atoms with Crippen molar-refractivity contribution < 1.29 is 34.8 Å². The first-order valence-corrected chi connectivity index (χ1v) is 5.35. The zero-order valence-corrected chi connectivity index (χ0v) is 9.41. The third kappa shape index (κ3) is 6.88. The molecule has 0 saturated heterocycles. The Morgan fingerprint density at radius 2 is 1.24 bits per heavy atom. The van der Waals surface area contributed by atoms with Crippen molar-refractivity contribution in [2.45, 2.75) is 37.9 Å².